The molecule has 0 atom stereocenters. The monoisotopic (exact) mass is 511 g/mol. The predicted octanol–water partition coefficient (Wildman–Crippen LogP) is 3.26. The molecule has 0 spiro atoms. The molecule has 13 heteroatoms. The number of para-hydroxylation sites is 1. The van der Waals surface area contributed by atoms with Crippen LogP contribution < -0.4 is 16.1 Å². The van der Waals surface area contributed by atoms with Gasteiger partial charge in [-0.2, -0.15) is 9.78 Å². The van der Waals surface area contributed by atoms with Crippen molar-refractivity contribution in [2.24, 2.45) is 5.10 Å². The predicted molar refractivity (Wildman–Crippen MR) is 131 cm³/mol. The number of nitrogens with zero attached hydrogens (tertiary/aromatic N) is 7. The fraction of sp³-hybridized carbons (Fsp3) is 0.182. The van der Waals surface area contributed by atoms with Crippen molar-refractivity contribution >= 4 is 46.8 Å². The zero-order valence-corrected chi connectivity index (χ0v) is 19.7. The number of rotatable bonds is 6. The number of anilines is 2. The number of aryl methyl sites for hydroxylation is 1. The average molecular weight is 512 g/mol. The summed E-state index contributed by atoms with van der Waals surface area (Å²) >= 11 is 12.2. The molecule has 1 aliphatic rings. The molecule has 1 amide bonds. The molecule has 4 aromatic rings. The molecule has 3 heterocycles. The molecule has 0 radical (unpaired) electrons. The summed E-state index contributed by atoms with van der Waals surface area (Å²) < 4.78 is 6.09. The number of halogens is 2. The largest absolute Gasteiger partial charge is 0.378 e. The van der Waals surface area contributed by atoms with Gasteiger partial charge in [-0.25, -0.2) is 10.1 Å². The number of carbonyl (C=O) groups excluding carboxylic acids is 1. The summed E-state index contributed by atoms with van der Waals surface area (Å²) in [6, 6.07) is 13.3. The van der Waals surface area contributed by atoms with E-state index in [0.29, 0.717) is 27.8 Å². The minimum Gasteiger partial charge on any atom is -0.378 e. The van der Waals surface area contributed by atoms with Crippen LogP contribution in [0.5, 0.6) is 0 Å². The van der Waals surface area contributed by atoms with Gasteiger partial charge in [0, 0.05) is 17.8 Å². The van der Waals surface area contributed by atoms with Crippen molar-refractivity contribution in [2.75, 3.05) is 17.2 Å². The first-order valence-electron chi connectivity index (χ1n) is 10.7. The molecule has 178 valence electrons. The van der Waals surface area contributed by atoms with Crippen molar-refractivity contribution in [1.82, 2.24) is 30.7 Å². The molecular weight excluding hydrogens is 493 g/mol. The summed E-state index contributed by atoms with van der Waals surface area (Å²) in [4.78, 5) is 15.2. The van der Waals surface area contributed by atoms with Crippen LogP contribution in [0.3, 0.4) is 0 Å². The van der Waals surface area contributed by atoms with Gasteiger partial charge in [0.2, 0.25) is 11.6 Å². The number of benzene rings is 2. The fourth-order valence-corrected chi connectivity index (χ4v) is 4.27. The highest BCUT2D eigenvalue weighted by Crippen LogP contribution is 2.29. The zero-order valence-electron chi connectivity index (χ0n) is 18.2. The van der Waals surface area contributed by atoms with Crippen LogP contribution in [-0.4, -0.2) is 44.0 Å². The number of fused-ring (bicyclic) bond motifs is 1. The molecule has 0 unspecified atom stereocenters. The Kier molecular flexibility index (Phi) is 6.34. The molecule has 5 rings (SSSR count). The Morgan fingerprint density at radius 3 is 2.89 bits per heavy atom. The van der Waals surface area contributed by atoms with Crippen molar-refractivity contribution in [3.8, 4) is 5.82 Å². The Morgan fingerprint density at radius 1 is 1.20 bits per heavy atom. The first-order chi connectivity index (χ1) is 17.0. The number of hydrazone groups is 1. The summed E-state index contributed by atoms with van der Waals surface area (Å²) in [5.74, 6) is -0.400. The number of carbonyl (C=O) groups is 1. The van der Waals surface area contributed by atoms with E-state index in [1.54, 1.807) is 18.2 Å². The molecule has 0 saturated heterocycles. The van der Waals surface area contributed by atoms with Crippen LogP contribution in [0.1, 0.15) is 33.7 Å². The quantitative estimate of drug-likeness (QED) is 0.296. The molecule has 2 aromatic heterocycles. The first-order valence-corrected chi connectivity index (χ1v) is 11.4. The second-order valence-corrected chi connectivity index (χ2v) is 8.55. The molecule has 1 aliphatic heterocycles. The van der Waals surface area contributed by atoms with E-state index in [2.05, 4.69) is 42.1 Å². The number of aromatic nitrogens is 5. The summed E-state index contributed by atoms with van der Waals surface area (Å²) in [5, 5.41) is 20.3. The first kappa shape index (κ1) is 22.8. The third-order valence-corrected chi connectivity index (χ3v) is 6.41. The van der Waals surface area contributed by atoms with Crippen molar-refractivity contribution in [3.63, 3.8) is 0 Å². The van der Waals surface area contributed by atoms with Gasteiger partial charge < -0.3 is 10.6 Å². The van der Waals surface area contributed by atoms with Gasteiger partial charge in [-0.1, -0.05) is 58.7 Å². The Morgan fingerprint density at radius 2 is 2.06 bits per heavy atom. The van der Waals surface area contributed by atoms with E-state index in [1.807, 2.05) is 18.2 Å². The summed E-state index contributed by atoms with van der Waals surface area (Å²) in [6.07, 6.45) is 3.35. The Hall–Kier alpha value is -3.96. The molecular formula is C22H19Cl2N9O2. The van der Waals surface area contributed by atoms with Crippen LogP contribution >= 0.6 is 23.2 Å². The Balaban J connectivity index is 1.46. The van der Waals surface area contributed by atoms with E-state index in [4.69, 9.17) is 33.6 Å². The number of hydrogen-bond acceptors (Lipinski definition) is 9. The highest BCUT2D eigenvalue weighted by molar-refractivity contribution is 6.43. The number of hydrogen-bond donors (Lipinski definition) is 2. The van der Waals surface area contributed by atoms with Gasteiger partial charge in [0.25, 0.3) is 5.91 Å². The number of amides is 1. The molecule has 0 saturated carbocycles. The molecule has 11 nitrogen and oxygen atoms in total. The number of nitrogens with two attached hydrogens (primary N) is 1. The minimum absolute atomic E-state index is 0.0239. The maximum atomic E-state index is 13.1. The SMILES string of the molecule is Nc1nonc1-n1nnc(C(=O)N/N=C\c2cccc(Cl)c2Cl)c1CN1CCCc2ccccc21. The third-order valence-electron chi connectivity index (χ3n) is 5.57. The van der Waals surface area contributed by atoms with Crippen LogP contribution in [0.2, 0.25) is 10.0 Å². The lowest BCUT2D eigenvalue weighted by Gasteiger charge is -2.31. The highest BCUT2D eigenvalue weighted by atomic mass is 35.5. The van der Waals surface area contributed by atoms with E-state index < -0.39 is 5.91 Å². The number of nitrogens with one attached hydrogen (secondary N) is 1. The van der Waals surface area contributed by atoms with Gasteiger partial charge in [0.1, 0.15) is 0 Å². The van der Waals surface area contributed by atoms with Gasteiger partial charge in [-0.3, -0.25) is 4.79 Å². The Labute approximate surface area is 209 Å². The van der Waals surface area contributed by atoms with E-state index >= 15 is 0 Å². The van der Waals surface area contributed by atoms with E-state index in [0.717, 1.165) is 25.1 Å². The van der Waals surface area contributed by atoms with Crippen LogP contribution in [0.4, 0.5) is 11.5 Å². The van der Waals surface area contributed by atoms with Crippen molar-refractivity contribution in [1.29, 1.82) is 0 Å². The fourth-order valence-electron chi connectivity index (χ4n) is 3.92. The summed E-state index contributed by atoms with van der Waals surface area (Å²) in [6.45, 7) is 1.12. The second-order valence-electron chi connectivity index (χ2n) is 7.77. The molecule has 35 heavy (non-hydrogen) atoms. The van der Waals surface area contributed by atoms with Crippen molar-refractivity contribution in [2.45, 2.75) is 19.4 Å². The van der Waals surface area contributed by atoms with E-state index in [1.165, 1.54) is 16.5 Å². The minimum atomic E-state index is -0.569. The lowest BCUT2D eigenvalue weighted by Crippen LogP contribution is -2.31. The van der Waals surface area contributed by atoms with Crippen LogP contribution in [-0.2, 0) is 13.0 Å². The average Bonchev–Trinajstić information content (AvgIpc) is 3.47. The van der Waals surface area contributed by atoms with Gasteiger partial charge in [-0.15, -0.1) is 5.10 Å². The number of nitrogen functional groups attached to an aromatic ring is 1. The Bertz CT molecular complexity index is 1420. The lowest BCUT2D eigenvalue weighted by atomic mass is 10.0. The van der Waals surface area contributed by atoms with Crippen LogP contribution in [0, 0.1) is 0 Å². The summed E-state index contributed by atoms with van der Waals surface area (Å²) in [5.41, 5.74) is 11.7. The maximum Gasteiger partial charge on any atom is 0.293 e. The van der Waals surface area contributed by atoms with Gasteiger partial charge in [0.05, 0.1) is 28.5 Å². The molecule has 0 bridgehead atoms. The third kappa shape index (κ3) is 4.55. The summed E-state index contributed by atoms with van der Waals surface area (Å²) in [7, 11) is 0. The van der Waals surface area contributed by atoms with Crippen LogP contribution in [0.25, 0.3) is 5.82 Å². The molecule has 0 fully saturated rings. The maximum absolute atomic E-state index is 13.1. The van der Waals surface area contributed by atoms with Gasteiger partial charge in [0.15, 0.2) is 5.69 Å². The van der Waals surface area contributed by atoms with Crippen LogP contribution in [0.15, 0.2) is 52.2 Å². The van der Waals surface area contributed by atoms with Crippen molar-refractivity contribution in [3.05, 3.63) is 75.0 Å². The normalized spacial score (nSPS) is 13.3. The molecule has 0 aliphatic carbocycles. The van der Waals surface area contributed by atoms with E-state index in [-0.39, 0.29) is 17.3 Å². The second kappa shape index (κ2) is 9.72. The standard InChI is InChI=1S/C22H19Cl2N9O2/c23-15-8-3-6-14(18(15)24)11-26-28-22(34)19-17(33(31-27-19)21-20(25)29-35-30-21)12-32-10-4-7-13-5-1-2-9-16(13)32/h1-3,5-6,8-9,11H,4,7,10,12H2,(H2,25,29)(H,28,34)/b26-11-. The molecule has 2 aromatic carbocycles. The molecule has 3 N–H and O–H groups in total. The highest BCUT2D eigenvalue weighted by Gasteiger charge is 2.27. The topological polar surface area (TPSA) is 140 Å². The van der Waals surface area contributed by atoms with Gasteiger partial charge >= 0.3 is 0 Å². The lowest BCUT2D eigenvalue weighted by molar-refractivity contribution is 0.0949. The van der Waals surface area contributed by atoms with E-state index in [9.17, 15) is 4.79 Å². The zero-order chi connectivity index (χ0) is 24.4. The smallest absolute Gasteiger partial charge is 0.293 e. The van der Waals surface area contributed by atoms with Crippen molar-refractivity contribution < 1.29 is 9.42 Å². The van der Waals surface area contributed by atoms with Gasteiger partial charge in [-0.05, 0) is 40.9 Å².